The van der Waals surface area contributed by atoms with E-state index in [0.29, 0.717) is 20.9 Å². The molecule has 3 heterocycles. The van der Waals surface area contributed by atoms with Crippen molar-refractivity contribution in [3.05, 3.63) is 76.2 Å². The molecule has 4 rings (SSSR count). The summed E-state index contributed by atoms with van der Waals surface area (Å²) in [6.07, 6.45) is 1.79. The van der Waals surface area contributed by atoms with E-state index >= 15 is 0 Å². The number of rotatable bonds is 6. The first kappa shape index (κ1) is 21.1. The number of halogens is 2. The summed E-state index contributed by atoms with van der Waals surface area (Å²) < 4.78 is 6.30. The van der Waals surface area contributed by atoms with Gasteiger partial charge in [-0.05, 0) is 62.7 Å². The number of likely N-dealkylation sites (N-methyl/N-ethyl adjacent to an activating group) is 1. The van der Waals surface area contributed by atoms with E-state index in [4.69, 9.17) is 39.8 Å². The standard InChI is InChI=1S/C22H22Cl2N4OS/c1-27(2)12-13-28-21(20(26-22(28)30)16-8-3-4-11-25-16)18-10-9-17(29-18)14-6-5-7-15(23)19(14)24/h3-11,20-21H,12-13H2,1-2H3,(H,26,30)/t20-,21+/m0/s1. The maximum absolute atomic E-state index is 6.41. The molecule has 0 spiro atoms. The molecule has 0 aliphatic carbocycles. The molecule has 0 amide bonds. The molecular weight excluding hydrogens is 439 g/mol. The Morgan fingerprint density at radius 3 is 2.70 bits per heavy atom. The fraction of sp³-hybridized carbons (Fsp3) is 0.273. The zero-order valence-electron chi connectivity index (χ0n) is 16.7. The van der Waals surface area contributed by atoms with E-state index in [9.17, 15) is 0 Å². The van der Waals surface area contributed by atoms with E-state index < -0.39 is 0 Å². The highest BCUT2D eigenvalue weighted by Crippen LogP contribution is 2.41. The van der Waals surface area contributed by atoms with Crippen LogP contribution in [0.2, 0.25) is 10.0 Å². The van der Waals surface area contributed by atoms with E-state index in [0.717, 1.165) is 30.1 Å². The van der Waals surface area contributed by atoms with E-state index in [2.05, 4.69) is 20.1 Å². The Morgan fingerprint density at radius 2 is 1.97 bits per heavy atom. The average molecular weight is 461 g/mol. The lowest BCUT2D eigenvalue weighted by molar-refractivity contribution is 0.250. The third-order valence-electron chi connectivity index (χ3n) is 5.12. The predicted octanol–water partition coefficient (Wildman–Crippen LogP) is 5.18. The monoisotopic (exact) mass is 460 g/mol. The number of hydrogen-bond acceptors (Lipinski definition) is 4. The number of thiocarbonyl (C=S) groups is 1. The highest BCUT2D eigenvalue weighted by molar-refractivity contribution is 7.80. The molecule has 1 aliphatic rings. The van der Waals surface area contributed by atoms with Gasteiger partial charge >= 0.3 is 0 Å². The lowest BCUT2D eigenvalue weighted by Crippen LogP contribution is -2.35. The van der Waals surface area contributed by atoms with Gasteiger partial charge in [0.2, 0.25) is 0 Å². The van der Waals surface area contributed by atoms with E-state index in [1.807, 2.05) is 56.6 Å². The number of benzene rings is 1. The molecule has 0 unspecified atom stereocenters. The maximum Gasteiger partial charge on any atom is 0.170 e. The van der Waals surface area contributed by atoms with Gasteiger partial charge in [0.15, 0.2) is 5.11 Å². The molecule has 0 saturated carbocycles. The van der Waals surface area contributed by atoms with Crippen molar-refractivity contribution < 1.29 is 4.42 Å². The van der Waals surface area contributed by atoms with Gasteiger partial charge in [-0.2, -0.15) is 0 Å². The van der Waals surface area contributed by atoms with E-state index in [-0.39, 0.29) is 12.1 Å². The molecule has 0 bridgehead atoms. The number of nitrogens with one attached hydrogen (secondary N) is 1. The van der Waals surface area contributed by atoms with Crippen LogP contribution in [-0.2, 0) is 0 Å². The fourth-order valence-electron chi connectivity index (χ4n) is 3.61. The highest BCUT2D eigenvalue weighted by Gasteiger charge is 2.41. The van der Waals surface area contributed by atoms with Crippen LogP contribution >= 0.6 is 35.4 Å². The van der Waals surface area contributed by atoms with Crippen LogP contribution in [0.1, 0.15) is 23.5 Å². The Balaban J connectivity index is 1.72. The van der Waals surface area contributed by atoms with Crippen molar-refractivity contribution in [1.29, 1.82) is 0 Å². The summed E-state index contributed by atoms with van der Waals surface area (Å²) in [5.74, 6) is 1.46. The first-order valence-electron chi connectivity index (χ1n) is 9.62. The SMILES string of the molecule is CN(C)CCN1C(=S)N[C@@H](c2ccccn2)[C@H]1c1ccc(-c2cccc(Cl)c2Cl)o1. The van der Waals surface area contributed by atoms with Crippen LogP contribution in [0.3, 0.4) is 0 Å². The first-order valence-corrected chi connectivity index (χ1v) is 10.8. The third-order valence-corrected chi connectivity index (χ3v) is 6.29. The second kappa shape index (κ2) is 8.94. The van der Waals surface area contributed by atoms with Gasteiger partial charge in [0, 0.05) is 24.8 Å². The molecular formula is C22H22Cl2N4OS. The fourth-order valence-corrected chi connectivity index (χ4v) is 4.34. The van der Waals surface area contributed by atoms with Gasteiger partial charge in [0.1, 0.15) is 17.6 Å². The van der Waals surface area contributed by atoms with Gasteiger partial charge in [-0.3, -0.25) is 4.98 Å². The molecule has 3 aromatic rings. The number of hydrogen-bond donors (Lipinski definition) is 1. The zero-order chi connectivity index (χ0) is 21.3. The van der Waals surface area contributed by atoms with E-state index in [1.165, 1.54) is 0 Å². The molecule has 30 heavy (non-hydrogen) atoms. The molecule has 2 aromatic heterocycles. The Morgan fingerprint density at radius 1 is 1.13 bits per heavy atom. The van der Waals surface area contributed by atoms with Crippen molar-refractivity contribution >= 4 is 40.5 Å². The van der Waals surface area contributed by atoms with Gasteiger partial charge < -0.3 is 19.5 Å². The topological polar surface area (TPSA) is 44.5 Å². The lowest BCUT2D eigenvalue weighted by Gasteiger charge is -2.27. The Hall–Kier alpha value is -2.12. The van der Waals surface area contributed by atoms with Gasteiger partial charge in [-0.1, -0.05) is 35.3 Å². The minimum Gasteiger partial charge on any atom is -0.459 e. The van der Waals surface area contributed by atoms with Crippen LogP contribution in [-0.4, -0.2) is 47.1 Å². The van der Waals surface area contributed by atoms with Crippen LogP contribution in [0.15, 0.2) is 59.1 Å². The van der Waals surface area contributed by atoms with Crippen molar-refractivity contribution in [2.45, 2.75) is 12.1 Å². The number of nitrogens with zero attached hydrogens (tertiary/aromatic N) is 3. The summed E-state index contributed by atoms with van der Waals surface area (Å²) in [6, 6.07) is 15.1. The number of aromatic nitrogens is 1. The second-order valence-electron chi connectivity index (χ2n) is 7.43. The van der Waals surface area contributed by atoms with Crippen LogP contribution < -0.4 is 5.32 Å². The molecule has 5 nitrogen and oxygen atoms in total. The molecule has 1 aromatic carbocycles. The van der Waals surface area contributed by atoms with Crippen molar-refractivity contribution in [1.82, 2.24) is 20.1 Å². The molecule has 1 N–H and O–H groups in total. The minimum absolute atomic E-state index is 0.116. The summed E-state index contributed by atoms with van der Waals surface area (Å²) >= 11 is 18.3. The Kier molecular flexibility index (Phi) is 6.29. The summed E-state index contributed by atoms with van der Waals surface area (Å²) in [6.45, 7) is 1.63. The van der Waals surface area contributed by atoms with Crippen molar-refractivity contribution in [2.75, 3.05) is 27.2 Å². The normalized spacial score (nSPS) is 18.8. The van der Waals surface area contributed by atoms with Crippen LogP contribution in [0.25, 0.3) is 11.3 Å². The molecule has 0 radical (unpaired) electrons. The quantitative estimate of drug-likeness (QED) is 0.511. The Labute approximate surface area is 191 Å². The van der Waals surface area contributed by atoms with Crippen LogP contribution in [0.4, 0.5) is 0 Å². The molecule has 156 valence electrons. The lowest BCUT2D eigenvalue weighted by atomic mass is 10.0. The van der Waals surface area contributed by atoms with Crippen molar-refractivity contribution in [3.63, 3.8) is 0 Å². The summed E-state index contributed by atoms with van der Waals surface area (Å²) in [5.41, 5.74) is 1.68. The molecule has 2 atom stereocenters. The average Bonchev–Trinajstić information content (AvgIpc) is 3.33. The summed E-state index contributed by atoms with van der Waals surface area (Å²) in [7, 11) is 4.09. The third kappa shape index (κ3) is 4.18. The predicted molar refractivity (Wildman–Crippen MR) is 125 cm³/mol. The molecule has 1 saturated heterocycles. The largest absolute Gasteiger partial charge is 0.459 e. The van der Waals surface area contributed by atoms with Gasteiger partial charge in [-0.15, -0.1) is 0 Å². The highest BCUT2D eigenvalue weighted by atomic mass is 35.5. The van der Waals surface area contributed by atoms with Gasteiger partial charge in [-0.25, -0.2) is 0 Å². The maximum atomic E-state index is 6.41. The molecule has 1 fully saturated rings. The van der Waals surface area contributed by atoms with Crippen molar-refractivity contribution in [3.8, 4) is 11.3 Å². The minimum atomic E-state index is -0.126. The second-order valence-corrected chi connectivity index (χ2v) is 8.60. The smallest absolute Gasteiger partial charge is 0.170 e. The van der Waals surface area contributed by atoms with Gasteiger partial charge in [0.25, 0.3) is 0 Å². The van der Waals surface area contributed by atoms with Crippen LogP contribution in [0, 0.1) is 0 Å². The summed E-state index contributed by atoms with van der Waals surface area (Å²) in [5, 5.41) is 5.10. The van der Waals surface area contributed by atoms with E-state index in [1.54, 1.807) is 12.3 Å². The Bertz CT molecular complexity index is 1040. The van der Waals surface area contributed by atoms with Gasteiger partial charge in [0.05, 0.1) is 21.8 Å². The van der Waals surface area contributed by atoms with Crippen molar-refractivity contribution in [2.24, 2.45) is 0 Å². The molecule has 8 heteroatoms. The summed E-state index contributed by atoms with van der Waals surface area (Å²) in [4.78, 5) is 8.85. The first-order chi connectivity index (χ1) is 14.5. The number of furan rings is 1. The number of pyridine rings is 1. The molecule has 1 aliphatic heterocycles. The van der Waals surface area contributed by atoms with Crippen LogP contribution in [0.5, 0.6) is 0 Å². The zero-order valence-corrected chi connectivity index (χ0v) is 19.0.